The predicted octanol–water partition coefficient (Wildman–Crippen LogP) is 7.09. The van der Waals surface area contributed by atoms with Crippen LogP contribution in [0.2, 0.25) is 0 Å². The van der Waals surface area contributed by atoms with Gasteiger partial charge in [-0.1, -0.05) is 60.1 Å². The SMILES string of the molecule is C[C@H]1[C@H](C)CC[C@@]2(C(=O)O)CC[C@]3(C)C(=CC[C@@H]4[C@@]5(C)CC[C@@H](O)C(C)(C)[C@@H]5CC[C@]43C)[C@H]12. The van der Waals surface area contributed by atoms with Gasteiger partial charge in [-0.05, 0) is 109 Å². The third-order valence-electron chi connectivity index (χ3n) is 13.4. The first kappa shape index (κ1) is 23.9. The van der Waals surface area contributed by atoms with E-state index in [4.69, 9.17) is 0 Å². The molecule has 5 aliphatic carbocycles. The molecule has 4 fully saturated rings. The van der Waals surface area contributed by atoms with Crippen molar-refractivity contribution in [3.05, 3.63) is 11.6 Å². The highest BCUT2D eigenvalue weighted by Crippen LogP contribution is 2.75. The van der Waals surface area contributed by atoms with Gasteiger partial charge in [0.15, 0.2) is 0 Å². The molecule has 2 N–H and O–H groups in total. The van der Waals surface area contributed by atoms with Crippen LogP contribution in [0.15, 0.2) is 11.6 Å². The second-order valence-corrected chi connectivity index (χ2v) is 14.5. The molecule has 3 nitrogen and oxygen atoms in total. The Kier molecular flexibility index (Phi) is 5.15. The minimum Gasteiger partial charge on any atom is -0.481 e. The first-order valence-corrected chi connectivity index (χ1v) is 13.9. The summed E-state index contributed by atoms with van der Waals surface area (Å²) in [7, 11) is 0. The van der Waals surface area contributed by atoms with Gasteiger partial charge in [-0.3, -0.25) is 4.79 Å². The van der Waals surface area contributed by atoms with E-state index >= 15 is 0 Å². The molecule has 0 bridgehead atoms. The maximum absolute atomic E-state index is 12.8. The lowest BCUT2D eigenvalue weighted by Gasteiger charge is -2.71. The summed E-state index contributed by atoms with van der Waals surface area (Å²) in [5.74, 6) is 1.82. The van der Waals surface area contributed by atoms with Crippen LogP contribution < -0.4 is 0 Å². The zero-order chi connectivity index (χ0) is 24.2. The molecule has 0 heterocycles. The van der Waals surface area contributed by atoms with Crippen LogP contribution in [0.25, 0.3) is 0 Å². The van der Waals surface area contributed by atoms with Gasteiger partial charge in [0.05, 0.1) is 11.5 Å². The molecular formula is C30H48O3. The first-order valence-electron chi connectivity index (χ1n) is 13.9. The molecule has 5 aliphatic rings. The smallest absolute Gasteiger partial charge is 0.310 e. The highest BCUT2D eigenvalue weighted by molar-refractivity contribution is 5.76. The van der Waals surface area contributed by atoms with Gasteiger partial charge >= 0.3 is 5.97 Å². The maximum atomic E-state index is 12.8. The van der Waals surface area contributed by atoms with E-state index in [1.54, 1.807) is 0 Å². The Bertz CT molecular complexity index is 874. The number of rotatable bonds is 1. The van der Waals surface area contributed by atoms with Crippen molar-refractivity contribution in [2.24, 2.45) is 56.7 Å². The summed E-state index contributed by atoms with van der Waals surface area (Å²) in [5.41, 5.74) is 1.46. The number of aliphatic carboxylic acids is 1. The van der Waals surface area contributed by atoms with Crippen molar-refractivity contribution < 1.29 is 15.0 Å². The summed E-state index contributed by atoms with van der Waals surface area (Å²) < 4.78 is 0. The number of carbonyl (C=O) groups is 1. The van der Waals surface area contributed by atoms with E-state index in [9.17, 15) is 15.0 Å². The summed E-state index contributed by atoms with van der Waals surface area (Å²) in [6.45, 7) is 17.0. The van der Waals surface area contributed by atoms with Gasteiger partial charge in [-0.15, -0.1) is 0 Å². The molecule has 0 aromatic rings. The molecule has 0 aliphatic heterocycles. The minimum absolute atomic E-state index is 0.0302. The quantitative estimate of drug-likeness (QED) is 0.414. The Balaban J connectivity index is 1.61. The van der Waals surface area contributed by atoms with Crippen LogP contribution >= 0.6 is 0 Å². The second-order valence-electron chi connectivity index (χ2n) is 14.5. The van der Waals surface area contributed by atoms with Crippen LogP contribution in [0, 0.1) is 56.7 Å². The number of aliphatic hydroxyl groups is 1. The van der Waals surface area contributed by atoms with E-state index in [0.29, 0.717) is 23.7 Å². The van der Waals surface area contributed by atoms with E-state index in [2.05, 4.69) is 54.5 Å². The third-order valence-corrected chi connectivity index (χ3v) is 13.4. The lowest BCUT2D eigenvalue weighted by molar-refractivity contribution is -0.206. The molecule has 5 rings (SSSR count). The molecule has 4 saturated carbocycles. The van der Waals surface area contributed by atoms with Gasteiger partial charge in [-0.2, -0.15) is 0 Å². The highest BCUT2D eigenvalue weighted by Gasteiger charge is 2.69. The number of carboxylic acids is 1. The summed E-state index contributed by atoms with van der Waals surface area (Å²) in [6.07, 6.45) is 11.6. The van der Waals surface area contributed by atoms with Crippen molar-refractivity contribution >= 4 is 5.97 Å². The van der Waals surface area contributed by atoms with Gasteiger partial charge in [0, 0.05) is 0 Å². The number of fused-ring (bicyclic) bond motifs is 7. The monoisotopic (exact) mass is 456 g/mol. The Morgan fingerprint density at radius 2 is 1.61 bits per heavy atom. The third kappa shape index (κ3) is 2.75. The standard InChI is InChI=1S/C30H48O3/c1-18-10-15-30(25(32)33)17-16-28(6)20(24(30)19(18)2)8-9-22-27(5)13-12-23(31)26(3,4)21(27)11-14-29(22,28)7/h8,18-19,21-24,31H,9-17H2,1-7H3,(H,32,33)/t18-,19+,21+,22-,23-,24+,27+,28-,29-,30-/m1/s1. The van der Waals surface area contributed by atoms with Crippen LogP contribution in [-0.2, 0) is 4.79 Å². The molecule has 0 aromatic carbocycles. The van der Waals surface area contributed by atoms with Crippen LogP contribution in [0.4, 0.5) is 0 Å². The molecule has 0 aromatic heterocycles. The van der Waals surface area contributed by atoms with E-state index in [1.165, 1.54) is 18.4 Å². The van der Waals surface area contributed by atoms with Crippen molar-refractivity contribution in [2.75, 3.05) is 0 Å². The van der Waals surface area contributed by atoms with Gasteiger partial charge in [-0.25, -0.2) is 0 Å². The Labute approximate surface area is 201 Å². The minimum atomic E-state index is -0.557. The van der Waals surface area contributed by atoms with E-state index in [0.717, 1.165) is 44.9 Å². The number of allylic oxidation sites excluding steroid dienone is 2. The van der Waals surface area contributed by atoms with Crippen LogP contribution in [-0.4, -0.2) is 22.3 Å². The molecule has 3 heteroatoms. The number of carboxylic acid groups (broad SMARTS) is 1. The van der Waals surface area contributed by atoms with Crippen molar-refractivity contribution in [1.29, 1.82) is 0 Å². The molecule has 10 atom stereocenters. The van der Waals surface area contributed by atoms with Gasteiger partial charge in [0.25, 0.3) is 0 Å². The van der Waals surface area contributed by atoms with Crippen LogP contribution in [0.3, 0.4) is 0 Å². The topological polar surface area (TPSA) is 57.5 Å². The Morgan fingerprint density at radius 3 is 2.27 bits per heavy atom. The van der Waals surface area contributed by atoms with E-state index in [1.807, 2.05) is 0 Å². The fourth-order valence-electron chi connectivity index (χ4n) is 10.8. The lowest BCUT2D eigenvalue weighted by Crippen LogP contribution is -2.65. The average molecular weight is 457 g/mol. The van der Waals surface area contributed by atoms with Crippen LogP contribution in [0.5, 0.6) is 0 Å². The molecular weight excluding hydrogens is 408 g/mol. The average Bonchev–Trinajstić information content (AvgIpc) is 2.74. The lowest BCUT2D eigenvalue weighted by atomic mass is 9.33. The van der Waals surface area contributed by atoms with Crippen molar-refractivity contribution in [3.8, 4) is 0 Å². The van der Waals surface area contributed by atoms with Gasteiger partial charge in [0.2, 0.25) is 0 Å². The summed E-state index contributed by atoms with van der Waals surface area (Å²) in [5, 5.41) is 21.4. The summed E-state index contributed by atoms with van der Waals surface area (Å²) in [4.78, 5) is 12.8. The number of aliphatic hydroxyl groups excluding tert-OH is 1. The van der Waals surface area contributed by atoms with E-state index in [-0.39, 0.29) is 33.7 Å². The Morgan fingerprint density at radius 1 is 0.909 bits per heavy atom. The molecule has 0 unspecified atom stereocenters. The maximum Gasteiger partial charge on any atom is 0.310 e. The summed E-state index contributed by atoms with van der Waals surface area (Å²) >= 11 is 0. The number of hydrogen-bond acceptors (Lipinski definition) is 2. The van der Waals surface area contributed by atoms with Gasteiger partial charge < -0.3 is 10.2 Å². The molecule has 33 heavy (non-hydrogen) atoms. The molecule has 186 valence electrons. The van der Waals surface area contributed by atoms with Crippen molar-refractivity contribution in [1.82, 2.24) is 0 Å². The molecule has 0 radical (unpaired) electrons. The molecule has 0 saturated heterocycles. The normalized spacial score (nSPS) is 55.3. The number of hydrogen-bond donors (Lipinski definition) is 2. The first-order chi connectivity index (χ1) is 15.3. The highest BCUT2D eigenvalue weighted by atomic mass is 16.4. The zero-order valence-corrected chi connectivity index (χ0v) is 22.2. The molecule has 0 amide bonds. The van der Waals surface area contributed by atoms with Crippen LogP contribution in [0.1, 0.15) is 106 Å². The Hall–Kier alpha value is -0.830. The summed E-state index contributed by atoms with van der Waals surface area (Å²) in [6, 6.07) is 0. The van der Waals surface area contributed by atoms with Crippen molar-refractivity contribution in [3.63, 3.8) is 0 Å². The second kappa shape index (κ2) is 7.11. The van der Waals surface area contributed by atoms with Gasteiger partial charge in [0.1, 0.15) is 0 Å². The largest absolute Gasteiger partial charge is 0.481 e. The fraction of sp³-hybridized carbons (Fsp3) is 0.900. The fourth-order valence-corrected chi connectivity index (χ4v) is 10.8. The van der Waals surface area contributed by atoms with E-state index < -0.39 is 11.4 Å². The predicted molar refractivity (Wildman–Crippen MR) is 133 cm³/mol. The molecule has 0 spiro atoms. The zero-order valence-electron chi connectivity index (χ0n) is 22.2. The van der Waals surface area contributed by atoms with Crippen molar-refractivity contribution in [2.45, 2.75) is 112 Å².